The van der Waals surface area contributed by atoms with Crippen molar-refractivity contribution in [3.8, 4) is 0 Å². The molecule has 1 amide bonds. The smallest absolute Gasteiger partial charge is 0.269 e. The Morgan fingerprint density at radius 3 is 3.00 bits per heavy atom. The Morgan fingerprint density at radius 2 is 2.23 bits per heavy atom. The van der Waals surface area contributed by atoms with E-state index < -0.39 is 0 Å². The normalized spacial score (nSPS) is 21.1. The number of para-hydroxylation sites is 1. The second-order valence-corrected chi connectivity index (χ2v) is 5.82. The van der Waals surface area contributed by atoms with Crippen LogP contribution >= 0.6 is 0 Å². The maximum absolute atomic E-state index is 12.3. The maximum atomic E-state index is 12.3. The molecule has 1 atom stereocenters. The molecule has 1 aromatic heterocycles. The lowest BCUT2D eigenvalue weighted by atomic mass is 9.98. The van der Waals surface area contributed by atoms with E-state index in [2.05, 4.69) is 15.6 Å². The van der Waals surface area contributed by atoms with Gasteiger partial charge in [-0.15, -0.1) is 0 Å². The van der Waals surface area contributed by atoms with Crippen molar-refractivity contribution in [2.75, 3.05) is 26.8 Å². The van der Waals surface area contributed by atoms with Crippen molar-refractivity contribution in [3.05, 3.63) is 42.1 Å². The zero-order valence-corrected chi connectivity index (χ0v) is 12.8. The predicted molar refractivity (Wildman–Crippen MR) is 85.9 cm³/mol. The summed E-state index contributed by atoms with van der Waals surface area (Å²) in [6, 6.07) is 11.5. The van der Waals surface area contributed by atoms with Crippen LogP contribution in [-0.4, -0.2) is 43.2 Å². The number of methoxy groups -OCH3 is 1. The number of carbonyl (C=O) groups excluding carboxylic acids is 1. The van der Waals surface area contributed by atoms with Crippen LogP contribution in [0, 0.1) is 0 Å². The number of rotatable bonds is 5. The number of hydrogen-bond donors (Lipinski definition) is 2. The van der Waals surface area contributed by atoms with Gasteiger partial charge in [-0.2, -0.15) is 0 Å². The van der Waals surface area contributed by atoms with Gasteiger partial charge in [0.2, 0.25) is 0 Å². The molecular formula is C17H21N3O2. The third kappa shape index (κ3) is 3.10. The first-order chi connectivity index (χ1) is 10.7. The molecule has 2 aromatic rings. The Hall–Kier alpha value is -1.98. The number of pyridine rings is 1. The highest BCUT2D eigenvalue weighted by Gasteiger charge is 2.33. The van der Waals surface area contributed by atoms with Crippen LogP contribution in [0.2, 0.25) is 0 Å². The van der Waals surface area contributed by atoms with Crippen LogP contribution < -0.4 is 10.6 Å². The molecule has 116 valence electrons. The van der Waals surface area contributed by atoms with Gasteiger partial charge in [0.1, 0.15) is 5.69 Å². The zero-order valence-electron chi connectivity index (χ0n) is 12.8. The van der Waals surface area contributed by atoms with Gasteiger partial charge in [0.05, 0.1) is 17.7 Å². The SMILES string of the molecule is COCC1(CNC(=O)c2ccc3ccccc3n2)CCCN1. The standard InChI is InChI=1S/C17H21N3O2/c1-22-12-17(9-4-10-19-17)11-18-16(21)15-8-7-13-5-2-3-6-14(13)20-15/h2-3,5-8,19H,4,9-12H2,1H3,(H,18,21). The van der Waals surface area contributed by atoms with Gasteiger partial charge in [-0.1, -0.05) is 24.3 Å². The summed E-state index contributed by atoms with van der Waals surface area (Å²) >= 11 is 0. The number of benzene rings is 1. The molecule has 0 saturated carbocycles. The van der Waals surface area contributed by atoms with E-state index in [-0.39, 0.29) is 11.4 Å². The Kier molecular flexibility index (Phi) is 4.36. The van der Waals surface area contributed by atoms with E-state index >= 15 is 0 Å². The number of fused-ring (bicyclic) bond motifs is 1. The van der Waals surface area contributed by atoms with Gasteiger partial charge in [0, 0.05) is 19.0 Å². The molecule has 1 aliphatic rings. The number of amides is 1. The predicted octanol–water partition coefficient (Wildman–Crippen LogP) is 1.73. The summed E-state index contributed by atoms with van der Waals surface area (Å²) in [4.78, 5) is 16.8. The fourth-order valence-electron chi connectivity index (χ4n) is 3.00. The number of hydrogen-bond acceptors (Lipinski definition) is 4. The van der Waals surface area contributed by atoms with E-state index in [1.807, 2.05) is 30.3 Å². The molecule has 0 spiro atoms. The highest BCUT2D eigenvalue weighted by molar-refractivity contribution is 5.94. The van der Waals surface area contributed by atoms with Crippen molar-refractivity contribution in [2.24, 2.45) is 0 Å². The lowest BCUT2D eigenvalue weighted by Gasteiger charge is -2.28. The van der Waals surface area contributed by atoms with Crippen LogP contribution in [-0.2, 0) is 4.74 Å². The van der Waals surface area contributed by atoms with Gasteiger partial charge in [-0.3, -0.25) is 4.79 Å². The minimum Gasteiger partial charge on any atom is -0.383 e. The summed E-state index contributed by atoms with van der Waals surface area (Å²) in [5.74, 6) is -0.144. The molecule has 3 rings (SSSR count). The van der Waals surface area contributed by atoms with Gasteiger partial charge in [0.15, 0.2) is 0 Å². The molecule has 0 aliphatic carbocycles. The molecule has 2 heterocycles. The Bertz CT molecular complexity index is 666. The molecule has 1 aliphatic heterocycles. The third-order valence-electron chi connectivity index (χ3n) is 4.17. The fraction of sp³-hybridized carbons (Fsp3) is 0.412. The van der Waals surface area contributed by atoms with Crippen molar-refractivity contribution >= 4 is 16.8 Å². The lowest BCUT2D eigenvalue weighted by Crippen LogP contribution is -2.53. The second kappa shape index (κ2) is 6.42. The van der Waals surface area contributed by atoms with Crippen LogP contribution in [0.4, 0.5) is 0 Å². The number of ether oxygens (including phenoxy) is 1. The van der Waals surface area contributed by atoms with Crippen molar-refractivity contribution in [1.29, 1.82) is 0 Å². The first kappa shape index (κ1) is 14.9. The molecule has 5 nitrogen and oxygen atoms in total. The first-order valence-electron chi connectivity index (χ1n) is 7.60. The third-order valence-corrected chi connectivity index (χ3v) is 4.17. The lowest BCUT2D eigenvalue weighted by molar-refractivity contribution is 0.0888. The molecular weight excluding hydrogens is 278 g/mol. The number of nitrogens with zero attached hydrogens (tertiary/aromatic N) is 1. The van der Waals surface area contributed by atoms with Gasteiger partial charge in [-0.05, 0) is 31.5 Å². The molecule has 2 N–H and O–H groups in total. The summed E-state index contributed by atoms with van der Waals surface area (Å²) in [6.07, 6.45) is 2.11. The monoisotopic (exact) mass is 299 g/mol. The highest BCUT2D eigenvalue weighted by atomic mass is 16.5. The average Bonchev–Trinajstić information content (AvgIpc) is 3.01. The Morgan fingerprint density at radius 1 is 1.36 bits per heavy atom. The van der Waals surface area contributed by atoms with Gasteiger partial charge >= 0.3 is 0 Å². The molecule has 1 unspecified atom stereocenters. The largest absolute Gasteiger partial charge is 0.383 e. The van der Waals surface area contributed by atoms with Crippen LogP contribution in [0.25, 0.3) is 10.9 Å². The van der Waals surface area contributed by atoms with Crippen LogP contribution in [0.5, 0.6) is 0 Å². The quantitative estimate of drug-likeness (QED) is 0.882. The van der Waals surface area contributed by atoms with E-state index in [9.17, 15) is 4.79 Å². The summed E-state index contributed by atoms with van der Waals surface area (Å²) in [7, 11) is 1.69. The van der Waals surface area contributed by atoms with Crippen molar-refractivity contribution < 1.29 is 9.53 Å². The number of carbonyl (C=O) groups is 1. The van der Waals surface area contributed by atoms with Crippen molar-refractivity contribution in [1.82, 2.24) is 15.6 Å². The van der Waals surface area contributed by atoms with Crippen molar-refractivity contribution in [2.45, 2.75) is 18.4 Å². The van der Waals surface area contributed by atoms with Crippen molar-refractivity contribution in [3.63, 3.8) is 0 Å². The number of nitrogens with one attached hydrogen (secondary N) is 2. The molecule has 1 aromatic carbocycles. The van der Waals surface area contributed by atoms with Crippen LogP contribution in [0.15, 0.2) is 36.4 Å². The van der Waals surface area contributed by atoms with E-state index in [4.69, 9.17) is 4.74 Å². The molecule has 5 heteroatoms. The highest BCUT2D eigenvalue weighted by Crippen LogP contribution is 2.19. The summed E-state index contributed by atoms with van der Waals surface area (Å²) in [5, 5.41) is 7.47. The maximum Gasteiger partial charge on any atom is 0.269 e. The minimum atomic E-state index is -0.152. The minimum absolute atomic E-state index is 0.144. The molecule has 1 fully saturated rings. The zero-order chi connectivity index (χ0) is 15.4. The topological polar surface area (TPSA) is 63.2 Å². The fourth-order valence-corrected chi connectivity index (χ4v) is 3.00. The summed E-state index contributed by atoms with van der Waals surface area (Å²) in [5.41, 5.74) is 1.13. The summed E-state index contributed by atoms with van der Waals surface area (Å²) in [6.45, 7) is 2.11. The van der Waals surface area contributed by atoms with Gasteiger partial charge in [-0.25, -0.2) is 4.98 Å². The molecule has 1 saturated heterocycles. The Labute approximate surface area is 130 Å². The first-order valence-corrected chi connectivity index (χ1v) is 7.60. The van der Waals surface area contributed by atoms with Crippen LogP contribution in [0.1, 0.15) is 23.3 Å². The molecule has 22 heavy (non-hydrogen) atoms. The summed E-state index contributed by atoms with van der Waals surface area (Å²) < 4.78 is 5.30. The van der Waals surface area contributed by atoms with E-state index in [0.29, 0.717) is 18.8 Å². The Balaban J connectivity index is 1.70. The van der Waals surface area contributed by atoms with Crippen LogP contribution in [0.3, 0.4) is 0 Å². The number of aromatic nitrogens is 1. The molecule has 0 bridgehead atoms. The van der Waals surface area contributed by atoms with E-state index in [1.54, 1.807) is 13.2 Å². The van der Waals surface area contributed by atoms with Gasteiger partial charge in [0.25, 0.3) is 5.91 Å². The molecule has 0 radical (unpaired) electrons. The van der Waals surface area contributed by atoms with Gasteiger partial charge < -0.3 is 15.4 Å². The van der Waals surface area contributed by atoms with E-state index in [1.165, 1.54) is 0 Å². The average molecular weight is 299 g/mol. The van der Waals surface area contributed by atoms with E-state index in [0.717, 1.165) is 30.3 Å². The second-order valence-electron chi connectivity index (χ2n) is 5.82.